The topological polar surface area (TPSA) is 53.1 Å². The molecule has 4 aliphatic rings. The van der Waals surface area contributed by atoms with E-state index in [1.165, 1.54) is 25.9 Å². The normalized spacial score (nSPS) is 36.3. The van der Waals surface area contributed by atoms with Crippen molar-refractivity contribution >= 4 is 11.8 Å². The van der Waals surface area contributed by atoms with Gasteiger partial charge in [0.05, 0.1) is 17.9 Å². The van der Waals surface area contributed by atoms with E-state index in [-0.39, 0.29) is 29.1 Å². The number of likely N-dealkylation sites (tertiary alicyclic amines) is 3. The van der Waals surface area contributed by atoms with Crippen molar-refractivity contribution in [3.8, 4) is 0 Å². The van der Waals surface area contributed by atoms with Crippen LogP contribution in [0.3, 0.4) is 0 Å². The van der Waals surface area contributed by atoms with Gasteiger partial charge in [0.25, 0.3) is 0 Å². The largest absolute Gasteiger partial charge is 0.381 e. The molecule has 4 rings (SSSR count). The first-order chi connectivity index (χ1) is 12.1. The number of rotatable bonds is 4. The standard InChI is InChI=1S/C19H31N3O3/c1-15-12-22(17(23)16-4-11-25-13-16)14-19(15)5-8-21(18(19)24)10-9-20-6-2-3-7-20/h15-16H,2-14H2,1H3/t15-,16?,19-/m1/s1. The molecule has 4 fully saturated rings. The Labute approximate surface area is 150 Å². The van der Waals surface area contributed by atoms with Gasteiger partial charge in [-0.25, -0.2) is 0 Å². The molecular formula is C19H31N3O3. The maximum Gasteiger partial charge on any atom is 0.231 e. The van der Waals surface area contributed by atoms with E-state index < -0.39 is 0 Å². The number of amides is 2. The van der Waals surface area contributed by atoms with E-state index in [1.807, 2.05) is 4.90 Å². The molecule has 1 spiro atoms. The first-order valence-electron chi connectivity index (χ1n) is 9.98. The Bertz CT molecular complexity index is 528. The van der Waals surface area contributed by atoms with Crippen LogP contribution in [-0.4, -0.2) is 85.5 Å². The number of hydrogen-bond donors (Lipinski definition) is 0. The lowest BCUT2D eigenvalue weighted by molar-refractivity contribution is -0.138. The molecule has 0 N–H and O–H groups in total. The highest BCUT2D eigenvalue weighted by atomic mass is 16.5. The van der Waals surface area contributed by atoms with Gasteiger partial charge >= 0.3 is 0 Å². The summed E-state index contributed by atoms with van der Waals surface area (Å²) in [6.07, 6.45) is 4.30. The molecule has 0 aromatic heterocycles. The van der Waals surface area contributed by atoms with Crippen LogP contribution in [0.2, 0.25) is 0 Å². The van der Waals surface area contributed by atoms with E-state index in [4.69, 9.17) is 4.74 Å². The highest BCUT2D eigenvalue weighted by Crippen LogP contribution is 2.45. The second-order valence-corrected chi connectivity index (χ2v) is 8.43. The molecule has 140 valence electrons. The molecule has 0 aromatic carbocycles. The van der Waals surface area contributed by atoms with Crippen molar-refractivity contribution < 1.29 is 14.3 Å². The van der Waals surface area contributed by atoms with Crippen molar-refractivity contribution in [3.63, 3.8) is 0 Å². The minimum Gasteiger partial charge on any atom is -0.381 e. The van der Waals surface area contributed by atoms with Gasteiger partial charge in [-0.2, -0.15) is 0 Å². The van der Waals surface area contributed by atoms with Gasteiger partial charge < -0.3 is 19.4 Å². The van der Waals surface area contributed by atoms with Gasteiger partial charge in [-0.05, 0) is 44.7 Å². The fourth-order valence-electron chi connectivity index (χ4n) is 5.17. The van der Waals surface area contributed by atoms with Gasteiger partial charge in [0.15, 0.2) is 0 Å². The summed E-state index contributed by atoms with van der Waals surface area (Å²) in [5.41, 5.74) is -0.333. The highest BCUT2D eigenvalue weighted by molar-refractivity contribution is 5.88. The third-order valence-corrected chi connectivity index (χ3v) is 6.93. The first-order valence-corrected chi connectivity index (χ1v) is 9.98. The van der Waals surface area contributed by atoms with Crippen LogP contribution >= 0.6 is 0 Å². The quantitative estimate of drug-likeness (QED) is 0.754. The van der Waals surface area contributed by atoms with Crippen LogP contribution in [0.4, 0.5) is 0 Å². The molecule has 25 heavy (non-hydrogen) atoms. The number of carbonyl (C=O) groups is 2. The Morgan fingerprint density at radius 2 is 2.04 bits per heavy atom. The highest BCUT2D eigenvalue weighted by Gasteiger charge is 2.56. The Hall–Kier alpha value is -1.14. The monoisotopic (exact) mass is 349 g/mol. The molecule has 0 saturated carbocycles. The van der Waals surface area contributed by atoms with Crippen molar-refractivity contribution in [3.05, 3.63) is 0 Å². The molecule has 0 radical (unpaired) electrons. The predicted molar refractivity (Wildman–Crippen MR) is 94.0 cm³/mol. The summed E-state index contributed by atoms with van der Waals surface area (Å²) in [4.78, 5) is 32.4. The molecule has 2 amide bonds. The maximum atomic E-state index is 13.2. The zero-order valence-electron chi connectivity index (χ0n) is 15.4. The van der Waals surface area contributed by atoms with E-state index >= 15 is 0 Å². The number of ether oxygens (including phenoxy) is 1. The first kappa shape index (κ1) is 17.3. The fourth-order valence-corrected chi connectivity index (χ4v) is 5.17. The Kier molecular flexibility index (Phi) is 4.75. The van der Waals surface area contributed by atoms with Crippen molar-refractivity contribution in [2.45, 2.75) is 32.6 Å². The minimum absolute atomic E-state index is 0.00475. The smallest absolute Gasteiger partial charge is 0.231 e. The van der Waals surface area contributed by atoms with Crippen LogP contribution in [0.1, 0.15) is 32.6 Å². The van der Waals surface area contributed by atoms with E-state index in [0.29, 0.717) is 19.8 Å². The summed E-state index contributed by atoms with van der Waals surface area (Å²) in [6, 6.07) is 0. The van der Waals surface area contributed by atoms with Crippen LogP contribution in [0.25, 0.3) is 0 Å². The zero-order chi connectivity index (χ0) is 17.4. The summed E-state index contributed by atoms with van der Waals surface area (Å²) in [5.74, 6) is 0.745. The lowest BCUT2D eigenvalue weighted by Crippen LogP contribution is -2.43. The molecule has 6 nitrogen and oxygen atoms in total. The number of carbonyl (C=O) groups excluding carboxylic acids is 2. The van der Waals surface area contributed by atoms with E-state index in [1.54, 1.807) is 0 Å². The fraction of sp³-hybridized carbons (Fsp3) is 0.895. The average molecular weight is 349 g/mol. The van der Waals surface area contributed by atoms with Crippen LogP contribution in [0.15, 0.2) is 0 Å². The van der Waals surface area contributed by atoms with Gasteiger partial charge in [-0.3, -0.25) is 9.59 Å². The third-order valence-electron chi connectivity index (χ3n) is 6.93. The molecule has 0 aliphatic carbocycles. The SMILES string of the molecule is C[C@@H]1CN(C(=O)C2CCOC2)C[C@]12CCN(CCN1CCCC1)C2=O. The minimum atomic E-state index is -0.333. The van der Waals surface area contributed by atoms with E-state index in [2.05, 4.69) is 16.7 Å². The second kappa shape index (κ2) is 6.88. The van der Waals surface area contributed by atoms with Gasteiger partial charge in [-0.1, -0.05) is 6.92 Å². The zero-order valence-corrected chi connectivity index (χ0v) is 15.4. The summed E-state index contributed by atoms with van der Waals surface area (Å²) in [6.45, 7) is 9.77. The molecule has 1 unspecified atom stereocenters. The molecular weight excluding hydrogens is 318 g/mol. The van der Waals surface area contributed by atoms with Crippen molar-refractivity contribution in [1.82, 2.24) is 14.7 Å². The maximum absolute atomic E-state index is 13.2. The van der Waals surface area contributed by atoms with Crippen LogP contribution in [-0.2, 0) is 14.3 Å². The molecule has 4 heterocycles. The molecule has 0 bridgehead atoms. The van der Waals surface area contributed by atoms with Crippen molar-refractivity contribution in [2.75, 3.05) is 59.0 Å². The van der Waals surface area contributed by atoms with E-state index in [9.17, 15) is 9.59 Å². The Morgan fingerprint density at radius 1 is 1.24 bits per heavy atom. The van der Waals surface area contributed by atoms with Gasteiger partial charge in [0, 0.05) is 39.3 Å². The van der Waals surface area contributed by atoms with Gasteiger partial charge in [0.1, 0.15) is 0 Å². The summed E-state index contributed by atoms with van der Waals surface area (Å²) in [5, 5.41) is 0. The van der Waals surface area contributed by atoms with E-state index in [0.717, 1.165) is 39.0 Å². The lowest BCUT2D eigenvalue weighted by Gasteiger charge is -2.27. The molecule has 4 saturated heterocycles. The number of hydrogen-bond acceptors (Lipinski definition) is 4. The predicted octanol–water partition coefficient (Wildman–Crippen LogP) is 0.816. The molecule has 6 heteroatoms. The van der Waals surface area contributed by atoms with Crippen molar-refractivity contribution in [1.29, 1.82) is 0 Å². The summed E-state index contributed by atoms with van der Waals surface area (Å²) in [7, 11) is 0. The summed E-state index contributed by atoms with van der Waals surface area (Å²) >= 11 is 0. The van der Waals surface area contributed by atoms with Crippen molar-refractivity contribution in [2.24, 2.45) is 17.3 Å². The molecule has 0 aromatic rings. The Balaban J connectivity index is 1.37. The average Bonchev–Trinajstić information content (AvgIpc) is 3.38. The van der Waals surface area contributed by atoms with Crippen LogP contribution < -0.4 is 0 Å². The lowest BCUT2D eigenvalue weighted by atomic mass is 9.78. The van der Waals surface area contributed by atoms with Crippen LogP contribution in [0.5, 0.6) is 0 Å². The van der Waals surface area contributed by atoms with Gasteiger partial charge in [0.2, 0.25) is 11.8 Å². The molecule has 3 atom stereocenters. The van der Waals surface area contributed by atoms with Crippen LogP contribution in [0, 0.1) is 17.3 Å². The number of nitrogens with zero attached hydrogens (tertiary/aromatic N) is 3. The second-order valence-electron chi connectivity index (χ2n) is 8.43. The van der Waals surface area contributed by atoms with Gasteiger partial charge in [-0.15, -0.1) is 0 Å². The molecule has 4 aliphatic heterocycles. The third kappa shape index (κ3) is 3.08. The summed E-state index contributed by atoms with van der Waals surface area (Å²) < 4.78 is 5.37. The Morgan fingerprint density at radius 3 is 2.76 bits per heavy atom.